The largest absolute Gasteiger partial charge is 0.389 e. The Hall–Kier alpha value is -0.780. The summed E-state index contributed by atoms with van der Waals surface area (Å²) in [5, 5.41) is 3.64. The third kappa shape index (κ3) is 3.87. The number of rotatable bonds is 5. The number of likely N-dealkylation sites (tertiary alicyclic amines) is 1. The molecule has 2 rings (SSSR count). The highest BCUT2D eigenvalue weighted by atomic mass is 32.2. The van der Waals surface area contributed by atoms with Crippen LogP contribution in [0.2, 0.25) is 0 Å². The number of nitrogens with one attached hydrogen (secondary N) is 1. The van der Waals surface area contributed by atoms with Crippen LogP contribution in [0.3, 0.4) is 0 Å². The van der Waals surface area contributed by atoms with Gasteiger partial charge in [0.15, 0.2) is 0 Å². The Labute approximate surface area is 131 Å². The molecule has 1 fully saturated rings. The van der Waals surface area contributed by atoms with Crippen molar-refractivity contribution in [1.29, 1.82) is 0 Å². The number of hydrogen-bond donors (Lipinski definition) is 2. The first-order valence-corrected chi connectivity index (χ1v) is 8.52. The maximum absolute atomic E-state index is 5.95. The van der Waals surface area contributed by atoms with Gasteiger partial charge < -0.3 is 16.0 Å². The van der Waals surface area contributed by atoms with Crippen LogP contribution in [0.25, 0.3) is 0 Å². The number of nitrogens with zero attached hydrogens (tertiary/aromatic N) is 1. The molecule has 1 aliphatic heterocycles. The quantitative estimate of drug-likeness (QED) is 0.646. The summed E-state index contributed by atoms with van der Waals surface area (Å²) in [4.78, 5) is 4.02. The number of hydrogen-bond acceptors (Lipinski definition) is 4. The van der Waals surface area contributed by atoms with Gasteiger partial charge in [-0.3, -0.25) is 0 Å². The molecule has 1 aromatic carbocycles. The Bertz CT molecular complexity index is 476. The third-order valence-corrected chi connectivity index (χ3v) is 4.70. The highest BCUT2D eigenvalue weighted by Gasteiger charge is 2.19. The predicted octanol–water partition coefficient (Wildman–Crippen LogP) is 2.94. The van der Waals surface area contributed by atoms with E-state index in [2.05, 4.69) is 42.4 Å². The molecule has 3 nitrogen and oxygen atoms in total. The Morgan fingerprint density at radius 1 is 1.55 bits per heavy atom. The summed E-state index contributed by atoms with van der Waals surface area (Å²) in [7, 11) is 2.17. The van der Waals surface area contributed by atoms with Gasteiger partial charge in [0.25, 0.3) is 0 Å². The summed E-state index contributed by atoms with van der Waals surface area (Å²) < 4.78 is 0. The van der Waals surface area contributed by atoms with E-state index in [9.17, 15) is 0 Å². The summed E-state index contributed by atoms with van der Waals surface area (Å²) in [5.74, 6) is 1.02. The highest BCUT2D eigenvalue weighted by Crippen LogP contribution is 2.29. The van der Waals surface area contributed by atoms with Crippen molar-refractivity contribution in [3.63, 3.8) is 0 Å². The van der Waals surface area contributed by atoms with E-state index in [1.165, 1.54) is 24.3 Å². The maximum atomic E-state index is 5.95. The summed E-state index contributed by atoms with van der Waals surface area (Å²) >= 11 is 7.05. The number of thiocarbonyl (C=S) groups is 1. The van der Waals surface area contributed by atoms with E-state index < -0.39 is 0 Å². The molecule has 1 saturated heterocycles. The summed E-state index contributed by atoms with van der Waals surface area (Å²) in [5.41, 5.74) is 8.03. The zero-order valence-corrected chi connectivity index (χ0v) is 13.8. The summed E-state index contributed by atoms with van der Waals surface area (Å²) in [6, 6.07) is 6.74. The van der Waals surface area contributed by atoms with E-state index >= 15 is 0 Å². The van der Waals surface area contributed by atoms with Crippen molar-refractivity contribution in [2.75, 3.05) is 31.2 Å². The zero-order chi connectivity index (χ0) is 14.5. The van der Waals surface area contributed by atoms with Crippen LogP contribution < -0.4 is 11.1 Å². The fourth-order valence-corrected chi connectivity index (χ4v) is 3.82. The number of likely N-dealkylation sites (N-methyl/N-ethyl adjacent to an activating group) is 1. The van der Waals surface area contributed by atoms with Crippen LogP contribution in [0.1, 0.15) is 25.3 Å². The smallest absolute Gasteiger partial charge is 0.107 e. The Kier molecular flexibility index (Phi) is 5.69. The van der Waals surface area contributed by atoms with Crippen LogP contribution >= 0.6 is 24.0 Å². The first kappa shape index (κ1) is 15.6. The number of anilines is 1. The van der Waals surface area contributed by atoms with Crippen LogP contribution in [0.4, 0.5) is 5.69 Å². The monoisotopic (exact) mass is 309 g/mol. The SMILES string of the molecule is CCSc1cccc(NC2CCCN(C)C2)c1C(N)=S. The van der Waals surface area contributed by atoms with Crippen LogP contribution in [-0.2, 0) is 0 Å². The van der Waals surface area contributed by atoms with Crippen molar-refractivity contribution in [2.24, 2.45) is 5.73 Å². The topological polar surface area (TPSA) is 41.3 Å². The van der Waals surface area contributed by atoms with Gasteiger partial charge in [-0.1, -0.05) is 25.2 Å². The highest BCUT2D eigenvalue weighted by molar-refractivity contribution is 7.99. The average Bonchev–Trinajstić information content (AvgIpc) is 2.39. The molecule has 1 aromatic rings. The molecule has 20 heavy (non-hydrogen) atoms. The number of nitrogens with two attached hydrogens (primary N) is 1. The van der Waals surface area contributed by atoms with E-state index in [4.69, 9.17) is 18.0 Å². The van der Waals surface area contributed by atoms with Gasteiger partial charge in [0, 0.05) is 28.7 Å². The van der Waals surface area contributed by atoms with E-state index in [1.54, 1.807) is 11.8 Å². The molecule has 5 heteroatoms. The van der Waals surface area contributed by atoms with Crippen LogP contribution in [0, 0.1) is 0 Å². The molecule has 1 heterocycles. The van der Waals surface area contributed by atoms with E-state index in [-0.39, 0.29) is 0 Å². The molecular weight excluding hydrogens is 286 g/mol. The van der Waals surface area contributed by atoms with Gasteiger partial charge in [-0.25, -0.2) is 0 Å². The van der Waals surface area contributed by atoms with Crippen molar-refractivity contribution in [3.05, 3.63) is 23.8 Å². The zero-order valence-electron chi connectivity index (χ0n) is 12.2. The second-order valence-electron chi connectivity index (χ2n) is 5.22. The molecule has 0 spiro atoms. The number of piperidine rings is 1. The van der Waals surface area contributed by atoms with Gasteiger partial charge in [-0.15, -0.1) is 11.8 Å². The van der Waals surface area contributed by atoms with Gasteiger partial charge in [0.05, 0.1) is 0 Å². The molecule has 110 valence electrons. The first-order chi connectivity index (χ1) is 9.61. The van der Waals surface area contributed by atoms with Crippen LogP contribution in [0.15, 0.2) is 23.1 Å². The van der Waals surface area contributed by atoms with Crippen molar-refractivity contribution in [3.8, 4) is 0 Å². The standard InChI is InChI=1S/C15H23N3S2/c1-3-20-13-8-4-7-12(14(13)15(16)19)17-11-6-5-9-18(2)10-11/h4,7-8,11,17H,3,5-6,9-10H2,1-2H3,(H2,16,19). The second kappa shape index (κ2) is 7.29. The fourth-order valence-electron chi connectivity index (χ4n) is 2.69. The molecule has 3 N–H and O–H groups in total. The lowest BCUT2D eigenvalue weighted by Gasteiger charge is -2.31. The van der Waals surface area contributed by atoms with E-state index in [0.29, 0.717) is 11.0 Å². The van der Waals surface area contributed by atoms with Crippen LogP contribution in [0.5, 0.6) is 0 Å². The molecule has 0 aliphatic carbocycles. The lowest BCUT2D eigenvalue weighted by atomic mass is 10.0. The molecule has 0 bridgehead atoms. The number of benzene rings is 1. The minimum absolute atomic E-state index is 0.476. The minimum Gasteiger partial charge on any atom is -0.389 e. The Morgan fingerprint density at radius 2 is 2.35 bits per heavy atom. The predicted molar refractivity (Wildman–Crippen MR) is 92.9 cm³/mol. The molecular formula is C15H23N3S2. The molecule has 1 unspecified atom stereocenters. The fraction of sp³-hybridized carbons (Fsp3) is 0.533. The van der Waals surface area contributed by atoms with Crippen molar-refractivity contribution < 1.29 is 0 Å². The first-order valence-electron chi connectivity index (χ1n) is 7.12. The molecule has 0 saturated carbocycles. The minimum atomic E-state index is 0.476. The number of thioether (sulfide) groups is 1. The normalized spacial score (nSPS) is 19.8. The van der Waals surface area contributed by atoms with Crippen LogP contribution in [-0.4, -0.2) is 41.8 Å². The molecule has 0 aromatic heterocycles. The maximum Gasteiger partial charge on any atom is 0.107 e. The Balaban J connectivity index is 2.21. The lowest BCUT2D eigenvalue weighted by Crippen LogP contribution is -2.40. The second-order valence-corrected chi connectivity index (χ2v) is 6.97. The molecule has 1 aliphatic rings. The van der Waals surface area contributed by atoms with E-state index in [1.807, 2.05) is 0 Å². The van der Waals surface area contributed by atoms with Gasteiger partial charge in [-0.05, 0) is 44.3 Å². The summed E-state index contributed by atoms with van der Waals surface area (Å²) in [6.07, 6.45) is 2.44. The molecule has 0 amide bonds. The van der Waals surface area contributed by atoms with Crippen molar-refractivity contribution in [1.82, 2.24) is 4.90 Å². The van der Waals surface area contributed by atoms with E-state index in [0.717, 1.165) is 23.5 Å². The molecule has 1 atom stereocenters. The van der Waals surface area contributed by atoms with Gasteiger partial charge >= 0.3 is 0 Å². The Morgan fingerprint density at radius 3 is 3.00 bits per heavy atom. The third-order valence-electron chi connectivity index (χ3n) is 3.56. The van der Waals surface area contributed by atoms with Gasteiger partial charge in [-0.2, -0.15) is 0 Å². The van der Waals surface area contributed by atoms with Gasteiger partial charge in [0.1, 0.15) is 4.99 Å². The average molecular weight is 310 g/mol. The van der Waals surface area contributed by atoms with Gasteiger partial charge in [0.2, 0.25) is 0 Å². The summed E-state index contributed by atoms with van der Waals surface area (Å²) in [6.45, 7) is 4.40. The van der Waals surface area contributed by atoms with Crippen molar-refractivity contribution in [2.45, 2.75) is 30.7 Å². The van der Waals surface area contributed by atoms with Crippen molar-refractivity contribution >= 4 is 34.7 Å². The molecule has 0 radical (unpaired) electrons. The lowest BCUT2D eigenvalue weighted by molar-refractivity contribution is 0.261.